The number of carbonyl (C=O) groups excluding carboxylic acids is 1. The minimum atomic E-state index is -0.405. The van der Waals surface area contributed by atoms with Gasteiger partial charge in [0.2, 0.25) is 5.91 Å². The van der Waals surface area contributed by atoms with E-state index in [2.05, 4.69) is 10.6 Å². The Morgan fingerprint density at radius 3 is 2.28 bits per heavy atom. The van der Waals surface area contributed by atoms with E-state index in [4.69, 9.17) is 12.2 Å². The van der Waals surface area contributed by atoms with E-state index in [9.17, 15) is 4.79 Å². The molecule has 0 saturated carbocycles. The quantitative estimate of drug-likeness (QED) is 0.811. The van der Waals surface area contributed by atoms with Crippen molar-refractivity contribution in [1.29, 1.82) is 0 Å². The van der Waals surface area contributed by atoms with Crippen LogP contribution in [0.5, 0.6) is 0 Å². The molecule has 0 bridgehead atoms. The van der Waals surface area contributed by atoms with E-state index in [0.717, 1.165) is 11.4 Å². The van der Waals surface area contributed by atoms with Crippen molar-refractivity contribution < 1.29 is 4.79 Å². The zero-order chi connectivity index (χ0) is 13.8. The zero-order valence-corrected chi connectivity index (χ0v) is 12.7. The van der Waals surface area contributed by atoms with E-state index >= 15 is 0 Å². The van der Waals surface area contributed by atoms with E-state index in [0.29, 0.717) is 4.32 Å². The maximum absolute atomic E-state index is 11.9. The average molecular weight is 282 g/mol. The number of nitrogens with one attached hydrogen (secondary N) is 2. The molecule has 0 fully saturated rings. The van der Waals surface area contributed by atoms with Gasteiger partial charge >= 0.3 is 0 Å². The molecule has 0 aliphatic rings. The van der Waals surface area contributed by atoms with Crippen LogP contribution in [0, 0.1) is 5.41 Å². The normalized spacial score (nSPS) is 10.9. The summed E-state index contributed by atoms with van der Waals surface area (Å²) in [7, 11) is 0. The first-order chi connectivity index (χ1) is 8.32. The number of thiocarbonyl (C=S) groups is 1. The van der Waals surface area contributed by atoms with Crippen molar-refractivity contribution in [1.82, 2.24) is 0 Å². The van der Waals surface area contributed by atoms with E-state index in [1.54, 1.807) is 0 Å². The summed E-state index contributed by atoms with van der Waals surface area (Å²) in [5, 5.41) is 5.97. The molecule has 0 spiro atoms. The number of hydrogen-bond donors (Lipinski definition) is 2. The van der Waals surface area contributed by atoms with Crippen molar-refractivity contribution in [3.8, 4) is 0 Å². The van der Waals surface area contributed by atoms with Gasteiger partial charge in [0.05, 0.1) is 0 Å². The highest BCUT2D eigenvalue weighted by Gasteiger charge is 2.21. The van der Waals surface area contributed by atoms with Gasteiger partial charge in [-0.25, -0.2) is 0 Å². The molecule has 3 nitrogen and oxygen atoms in total. The van der Waals surface area contributed by atoms with E-state index < -0.39 is 5.41 Å². The molecule has 2 N–H and O–H groups in total. The highest BCUT2D eigenvalue weighted by Crippen LogP contribution is 2.20. The van der Waals surface area contributed by atoms with Crippen LogP contribution in [-0.4, -0.2) is 16.5 Å². The van der Waals surface area contributed by atoms with Gasteiger partial charge in [-0.15, -0.1) is 11.8 Å². The lowest BCUT2D eigenvalue weighted by Gasteiger charge is -2.18. The summed E-state index contributed by atoms with van der Waals surface area (Å²) in [6.45, 7) is 5.65. The Morgan fingerprint density at radius 2 is 1.78 bits per heavy atom. The van der Waals surface area contributed by atoms with Crippen LogP contribution in [0.2, 0.25) is 0 Å². The molecule has 5 heteroatoms. The van der Waals surface area contributed by atoms with Crippen LogP contribution in [0.1, 0.15) is 20.8 Å². The molecule has 1 amide bonds. The van der Waals surface area contributed by atoms with Gasteiger partial charge in [0, 0.05) is 16.8 Å². The van der Waals surface area contributed by atoms with Gasteiger partial charge in [-0.05, 0) is 24.5 Å². The van der Waals surface area contributed by atoms with Gasteiger partial charge in [0.1, 0.15) is 4.32 Å². The van der Waals surface area contributed by atoms with Crippen LogP contribution in [-0.2, 0) is 4.79 Å². The summed E-state index contributed by atoms with van der Waals surface area (Å²) in [4.78, 5) is 11.9. The van der Waals surface area contributed by atoms with E-state index in [1.807, 2.05) is 51.3 Å². The fourth-order valence-corrected chi connectivity index (χ4v) is 1.50. The van der Waals surface area contributed by atoms with Crippen LogP contribution in [0.25, 0.3) is 0 Å². The molecular weight excluding hydrogens is 264 g/mol. The van der Waals surface area contributed by atoms with E-state index in [1.165, 1.54) is 11.8 Å². The summed E-state index contributed by atoms with van der Waals surface area (Å²) in [5.74, 6) is -0.00732. The number of benzene rings is 1. The van der Waals surface area contributed by atoms with Crippen molar-refractivity contribution in [2.75, 3.05) is 16.9 Å². The maximum atomic E-state index is 11.9. The van der Waals surface area contributed by atoms with Gasteiger partial charge < -0.3 is 10.6 Å². The van der Waals surface area contributed by atoms with E-state index in [-0.39, 0.29) is 5.91 Å². The molecule has 1 aromatic rings. The second-order valence-corrected chi connectivity index (χ2v) is 6.38. The summed E-state index contributed by atoms with van der Waals surface area (Å²) < 4.78 is 0.703. The molecule has 98 valence electrons. The van der Waals surface area contributed by atoms with Crippen molar-refractivity contribution in [2.45, 2.75) is 20.8 Å². The lowest BCUT2D eigenvalue weighted by Crippen LogP contribution is -2.27. The average Bonchev–Trinajstić information content (AvgIpc) is 2.28. The molecule has 0 aromatic heterocycles. The summed E-state index contributed by atoms with van der Waals surface area (Å²) >= 11 is 6.57. The topological polar surface area (TPSA) is 41.1 Å². The molecule has 0 heterocycles. The standard InChI is InChI=1S/C13H18N2OS2/c1-13(2,3)11(16)14-9-6-5-7-10(8-9)15-12(17)18-4/h5-8H,1-4H3,(H,14,16)(H,15,17). The minimum Gasteiger partial charge on any atom is -0.341 e. The summed E-state index contributed by atoms with van der Waals surface area (Å²) in [5.41, 5.74) is 1.24. The second-order valence-electron chi connectivity index (χ2n) is 4.90. The molecule has 1 rings (SSSR count). The number of amides is 1. The third kappa shape index (κ3) is 4.66. The monoisotopic (exact) mass is 282 g/mol. The Bertz CT molecular complexity index is 453. The number of hydrogen-bond acceptors (Lipinski definition) is 3. The Labute approximate surface area is 118 Å². The van der Waals surface area contributed by atoms with Crippen molar-refractivity contribution in [3.63, 3.8) is 0 Å². The Hall–Kier alpha value is -1.07. The molecule has 0 unspecified atom stereocenters. The molecule has 0 aliphatic carbocycles. The van der Waals surface area contributed by atoms with Crippen LogP contribution >= 0.6 is 24.0 Å². The Morgan fingerprint density at radius 1 is 1.22 bits per heavy atom. The van der Waals surface area contributed by atoms with Crippen LogP contribution < -0.4 is 10.6 Å². The lowest BCUT2D eigenvalue weighted by molar-refractivity contribution is -0.123. The SMILES string of the molecule is CSC(=S)Nc1cccc(NC(=O)C(C)(C)C)c1. The second kappa shape index (κ2) is 6.20. The number of thioether (sulfide) groups is 1. The van der Waals surface area contributed by atoms with Gasteiger partial charge in [-0.1, -0.05) is 39.1 Å². The van der Waals surface area contributed by atoms with Gasteiger partial charge in [0.15, 0.2) is 0 Å². The lowest BCUT2D eigenvalue weighted by atomic mass is 9.95. The van der Waals surface area contributed by atoms with Crippen molar-refractivity contribution in [3.05, 3.63) is 24.3 Å². The van der Waals surface area contributed by atoms with Crippen LogP contribution in [0.4, 0.5) is 11.4 Å². The van der Waals surface area contributed by atoms with Gasteiger partial charge in [0.25, 0.3) is 0 Å². The molecule has 0 aliphatic heterocycles. The molecule has 0 radical (unpaired) electrons. The highest BCUT2D eigenvalue weighted by molar-refractivity contribution is 8.22. The predicted molar refractivity (Wildman–Crippen MR) is 84.3 cm³/mol. The first kappa shape index (κ1) is 15.0. The fourth-order valence-electron chi connectivity index (χ4n) is 1.16. The van der Waals surface area contributed by atoms with Crippen LogP contribution in [0.3, 0.4) is 0 Å². The number of anilines is 2. The number of rotatable bonds is 2. The molecule has 0 atom stereocenters. The predicted octanol–water partition coefficient (Wildman–Crippen LogP) is 3.73. The smallest absolute Gasteiger partial charge is 0.229 e. The fraction of sp³-hybridized carbons (Fsp3) is 0.385. The molecule has 18 heavy (non-hydrogen) atoms. The Kier molecular flexibility index (Phi) is 5.16. The summed E-state index contributed by atoms with van der Waals surface area (Å²) in [6, 6.07) is 7.52. The first-order valence-corrected chi connectivity index (χ1v) is 7.22. The van der Waals surface area contributed by atoms with Crippen LogP contribution in [0.15, 0.2) is 24.3 Å². The largest absolute Gasteiger partial charge is 0.341 e. The van der Waals surface area contributed by atoms with Gasteiger partial charge in [-0.2, -0.15) is 0 Å². The highest BCUT2D eigenvalue weighted by atomic mass is 32.2. The van der Waals surface area contributed by atoms with Crippen molar-refractivity contribution >= 4 is 45.6 Å². The third-order valence-electron chi connectivity index (χ3n) is 2.23. The zero-order valence-electron chi connectivity index (χ0n) is 11.0. The molecule has 1 aromatic carbocycles. The van der Waals surface area contributed by atoms with Gasteiger partial charge in [-0.3, -0.25) is 4.79 Å². The number of carbonyl (C=O) groups is 1. The Balaban J connectivity index is 2.77. The summed E-state index contributed by atoms with van der Waals surface area (Å²) in [6.07, 6.45) is 1.92. The minimum absolute atomic E-state index is 0.00732. The first-order valence-electron chi connectivity index (χ1n) is 5.59. The third-order valence-corrected chi connectivity index (χ3v) is 3.31. The molecule has 0 saturated heterocycles. The molecular formula is C13H18N2OS2. The van der Waals surface area contributed by atoms with Crippen molar-refractivity contribution in [2.24, 2.45) is 5.41 Å². The maximum Gasteiger partial charge on any atom is 0.229 e.